The zero-order valence-corrected chi connectivity index (χ0v) is 12.9. The smallest absolute Gasteiger partial charge is 0.269 e. The summed E-state index contributed by atoms with van der Waals surface area (Å²) in [5.41, 5.74) is 0.167. The monoisotopic (exact) mass is 312 g/mol. The Balaban J connectivity index is 2.07. The van der Waals surface area contributed by atoms with Crippen LogP contribution >= 0.6 is 0 Å². The molecule has 1 aliphatic heterocycles. The van der Waals surface area contributed by atoms with Gasteiger partial charge in [0.05, 0.1) is 18.2 Å². The van der Waals surface area contributed by atoms with Gasteiger partial charge in [-0.05, 0) is 24.6 Å². The molecule has 2 rings (SSSR count). The van der Waals surface area contributed by atoms with Crippen molar-refractivity contribution in [1.82, 2.24) is 9.62 Å². The van der Waals surface area contributed by atoms with Crippen molar-refractivity contribution >= 4 is 15.9 Å². The van der Waals surface area contributed by atoms with E-state index in [4.69, 9.17) is 0 Å². The van der Waals surface area contributed by atoms with E-state index in [0.29, 0.717) is 5.92 Å². The maximum atomic E-state index is 12.3. The van der Waals surface area contributed by atoms with Crippen LogP contribution in [0.1, 0.15) is 24.2 Å². The molecule has 21 heavy (non-hydrogen) atoms. The summed E-state index contributed by atoms with van der Waals surface area (Å²) in [5, 5.41) is 13.0. The number of nitrogens with zero attached hydrogens (tertiary/aromatic N) is 1. The van der Waals surface area contributed by atoms with Crippen LogP contribution in [0.15, 0.2) is 29.2 Å². The first-order valence-electron chi connectivity index (χ1n) is 6.89. The third-order valence-corrected chi connectivity index (χ3v) is 5.03. The zero-order chi connectivity index (χ0) is 15.6. The number of aliphatic hydroxyl groups excluding tert-OH is 1. The molecular formula is C14H20N2O4S. The molecule has 116 valence electrons. The van der Waals surface area contributed by atoms with Crippen LogP contribution in [0.25, 0.3) is 0 Å². The van der Waals surface area contributed by atoms with Crippen LogP contribution < -0.4 is 5.32 Å². The number of sulfonamides is 1. The van der Waals surface area contributed by atoms with Gasteiger partial charge in [-0.2, -0.15) is 0 Å². The lowest BCUT2D eigenvalue weighted by molar-refractivity contribution is 0.0791. The number of β-amino-alcohol motifs (C(OH)–C–C–N with tert-alkyl or cyclic N) is 1. The Morgan fingerprint density at radius 1 is 1.24 bits per heavy atom. The van der Waals surface area contributed by atoms with Crippen LogP contribution in [-0.4, -0.2) is 49.5 Å². The molecule has 1 unspecified atom stereocenters. The summed E-state index contributed by atoms with van der Waals surface area (Å²) in [6.07, 6.45) is -0.934. The molecule has 0 aromatic heterocycles. The van der Waals surface area contributed by atoms with Crippen molar-refractivity contribution in [1.29, 1.82) is 0 Å². The standard InChI is InChI=1S/C14H20N2O4S/c1-10(2)7-15-8-11(17)9-16-14(18)12-5-3-4-6-13(12)21(16,19)20/h3-6,10-11,15,17H,7-9H2,1-2H3. The first-order chi connectivity index (χ1) is 9.84. The van der Waals surface area contributed by atoms with E-state index in [1.54, 1.807) is 12.1 Å². The van der Waals surface area contributed by atoms with Crippen LogP contribution in [0.2, 0.25) is 0 Å². The molecule has 0 bridgehead atoms. The van der Waals surface area contributed by atoms with Gasteiger partial charge in [0.25, 0.3) is 15.9 Å². The second-order valence-corrected chi connectivity index (χ2v) is 7.37. The maximum Gasteiger partial charge on any atom is 0.269 e. The van der Waals surface area contributed by atoms with Gasteiger partial charge in [0, 0.05) is 6.54 Å². The van der Waals surface area contributed by atoms with Gasteiger partial charge in [-0.25, -0.2) is 12.7 Å². The molecule has 1 aliphatic rings. The van der Waals surface area contributed by atoms with Crippen molar-refractivity contribution in [3.8, 4) is 0 Å². The first kappa shape index (κ1) is 15.9. The molecule has 1 aromatic carbocycles. The van der Waals surface area contributed by atoms with Crippen molar-refractivity contribution in [2.75, 3.05) is 19.6 Å². The first-order valence-corrected chi connectivity index (χ1v) is 8.33. The van der Waals surface area contributed by atoms with Crippen molar-refractivity contribution in [2.45, 2.75) is 24.8 Å². The van der Waals surface area contributed by atoms with E-state index in [1.165, 1.54) is 12.1 Å². The van der Waals surface area contributed by atoms with Crippen LogP contribution in [0.5, 0.6) is 0 Å². The number of benzene rings is 1. The minimum Gasteiger partial charge on any atom is -0.390 e. The largest absolute Gasteiger partial charge is 0.390 e. The summed E-state index contributed by atoms with van der Waals surface area (Å²) in [5.74, 6) is -0.146. The average Bonchev–Trinajstić information content (AvgIpc) is 2.60. The van der Waals surface area contributed by atoms with E-state index < -0.39 is 22.0 Å². The lowest BCUT2D eigenvalue weighted by Crippen LogP contribution is -2.41. The fraction of sp³-hybridized carbons (Fsp3) is 0.500. The third kappa shape index (κ3) is 3.25. The van der Waals surface area contributed by atoms with E-state index in [2.05, 4.69) is 5.32 Å². The number of carbonyl (C=O) groups is 1. The number of carbonyl (C=O) groups excluding carboxylic acids is 1. The lowest BCUT2D eigenvalue weighted by atomic mass is 10.2. The molecule has 2 N–H and O–H groups in total. The van der Waals surface area contributed by atoms with Crippen LogP contribution in [0.4, 0.5) is 0 Å². The molecule has 0 saturated carbocycles. The van der Waals surface area contributed by atoms with E-state index in [-0.39, 0.29) is 23.5 Å². The zero-order valence-electron chi connectivity index (χ0n) is 12.1. The van der Waals surface area contributed by atoms with Crippen molar-refractivity contribution < 1.29 is 18.3 Å². The van der Waals surface area contributed by atoms with E-state index in [0.717, 1.165) is 10.8 Å². The quantitative estimate of drug-likeness (QED) is 0.796. The fourth-order valence-corrected chi connectivity index (χ4v) is 3.81. The molecule has 6 nitrogen and oxygen atoms in total. The molecule has 1 aromatic rings. The van der Waals surface area contributed by atoms with Gasteiger partial charge >= 0.3 is 0 Å². The molecule has 0 spiro atoms. The van der Waals surface area contributed by atoms with Gasteiger partial charge in [-0.15, -0.1) is 0 Å². The van der Waals surface area contributed by atoms with Crippen LogP contribution in [-0.2, 0) is 10.0 Å². The van der Waals surface area contributed by atoms with Gasteiger partial charge in [-0.1, -0.05) is 26.0 Å². The number of hydrogen-bond acceptors (Lipinski definition) is 5. The Morgan fingerprint density at radius 2 is 1.90 bits per heavy atom. The van der Waals surface area contributed by atoms with E-state index >= 15 is 0 Å². The highest BCUT2D eigenvalue weighted by Gasteiger charge is 2.41. The molecule has 7 heteroatoms. The van der Waals surface area contributed by atoms with Crippen molar-refractivity contribution in [3.05, 3.63) is 29.8 Å². The number of aliphatic hydroxyl groups is 1. The molecule has 0 radical (unpaired) electrons. The fourth-order valence-electron chi connectivity index (χ4n) is 2.21. The minimum absolute atomic E-state index is 0.0114. The highest BCUT2D eigenvalue weighted by molar-refractivity contribution is 7.90. The maximum absolute atomic E-state index is 12.3. The Labute approximate surface area is 124 Å². The molecule has 1 heterocycles. The van der Waals surface area contributed by atoms with Crippen LogP contribution in [0.3, 0.4) is 0 Å². The number of rotatable bonds is 6. The topological polar surface area (TPSA) is 86.7 Å². The number of hydrogen-bond donors (Lipinski definition) is 2. The number of nitrogens with one attached hydrogen (secondary N) is 1. The van der Waals surface area contributed by atoms with Gasteiger partial charge in [-0.3, -0.25) is 4.79 Å². The summed E-state index contributed by atoms with van der Waals surface area (Å²) >= 11 is 0. The molecule has 0 fully saturated rings. The lowest BCUT2D eigenvalue weighted by Gasteiger charge is -2.20. The van der Waals surface area contributed by atoms with Gasteiger partial charge in [0.15, 0.2) is 0 Å². The Hall–Kier alpha value is -1.44. The molecule has 1 amide bonds. The summed E-state index contributed by atoms with van der Waals surface area (Å²) in [4.78, 5) is 12.2. The highest BCUT2D eigenvalue weighted by Crippen LogP contribution is 2.29. The Morgan fingerprint density at radius 3 is 2.52 bits per heavy atom. The summed E-state index contributed by atoms with van der Waals surface area (Å²) in [7, 11) is -3.84. The summed E-state index contributed by atoms with van der Waals surface area (Å²) in [6, 6.07) is 6.09. The van der Waals surface area contributed by atoms with E-state index in [9.17, 15) is 18.3 Å². The second-order valence-electron chi connectivity index (χ2n) is 5.54. The van der Waals surface area contributed by atoms with Crippen molar-refractivity contribution in [3.63, 3.8) is 0 Å². The van der Waals surface area contributed by atoms with E-state index in [1.807, 2.05) is 13.8 Å². The predicted molar refractivity (Wildman–Crippen MR) is 78.4 cm³/mol. The Bertz CT molecular complexity index is 628. The van der Waals surface area contributed by atoms with Gasteiger partial charge < -0.3 is 10.4 Å². The minimum atomic E-state index is -3.84. The number of fused-ring (bicyclic) bond motifs is 1. The second kappa shape index (κ2) is 6.13. The Kier molecular flexibility index (Phi) is 4.65. The molecule has 1 atom stereocenters. The molecule has 0 aliphatic carbocycles. The normalized spacial score (nSPS) is 18.1. The summed E-state index contributed by atoms with van der Waals surface area (Å²) < 4.78 is 25.3. The molecular weight excluding hydrogens is 292 g/mol. The predicted octanol–water partition coefficient (Wildman–Crippen LogP) is 0.438. The summed E-state index contributed by atoms with van der Waals surface area (Å²) in [6.45, 7) is 4.79. The van der Waals surface area contributed by atoms with Gasteiger partial charge in [0.2, 0.25) is 0 Å². The average molecular weight is 312 g/mol. The van der Waals surface area contributed by atoms with Gasteiger partial charge in [0.1, 0.15) is 4.90 Å². The van der Waals surface area contributed by atoms with Crippen molar-refractivity contribution in [2.24, 2.45) is 5.92 Å². The SMILES string of the molecule is CC(C)CNCC(O)CN1C(=O)c2ccccc2S1(=O)=O. The van der Waals surface area contributed by atoms with Crippen LogP contribution in [0, 0.1) is 5.92 Å². The molecule has 0 saturated heterocycles. The number of amides is 1. The third-order valence-electron chi connectivity index (χ3n) is 3.22. The highest BCUT2D eigenvalue weighted by atomic mass is 32.2.